The third-order valence-corrected chi connectivity index (χ3v) is 8.83. The maximum atomic E-state index is 12.0. The minimum absolute atomic E-state index is 0.0726. The van der Waals surface area contributed by atoms with E-state index < -0.39 is 24.3 Å². The van der Waals surface area contributed by atoms with E-state index >= 15 is 0 Å². The van der Waals surface area contributed by atoms with Gasteiger partial charge in [0.25, 0.3) is 0 Å². The quantitative estimate of drug-likeness (QED) is 0.0340. The number of rotatable bonds is 36. The molecule has 0 radical (unpaired) electrons. The van der Waals surface area contributed by atoms with E-state index in [9.17, 15) is 24.9 Å². The first kappa shape index (κ1) is 47.0. The van der Waals surface area contributed by atoms with Crippen molar-refractivity contribution < 1.29 is 34.4 Å². The van der Waals surface area contributed by atoms with Crippen LogP contribution in [0.5, 0.6) is 0 Å². The molecule has 0 spiro atoms. The van der Waals surface area contributed by atoms with E-state index in [2.05, 4.69) is 38.2 Å². The smallest absolute Gasteiger partial charge is 0.305 e. The second-order valence-electron chi connectivity index (χ2n) is 13.7. The van der Waals surface area contributed by atoms with E-state index in [0.717, 1.165) is 38.5 Å². The fourth-order valence-electron chi connectivity index (χ4n) is 5.60. The zero-order valence-corrected chi connectivity index (χ0v) is 31.7. The van der Waals surface area contributed by atoms with Crippen LogP contribution in [-0.4, -0.2) is 58.8 Å². The van der Waals surface area contributed by atoms with Gasteiger partial charge in [-0.2, -0.15) is 0 Å². The molecule has 0 rings (SSSR count). The molecule has 0 aliphatic carbocycles. The van der Waals surface area contributed by atoms with Crippen LogP contribution in [0.3, 0.4) is 0 Å². The van der Waals surface area contributed by atoms with Gasteiger partial charge in [-0.25, -0.2) is 0 Å². The van der Waals surface area contributed by atoms with Gasteiger partial charge >= 0.3 is 11.9 Å². The van der Waals surface area contributed by atoms with Crippen molar-refractivity contribution in [3.63, 3.8) is 0 Å². The Morgan fingerprint density at radius 2 is 0.898 bits per heavy atom. The van der Waals surface area contributed by atoms with Gasteiger partial charge in [0, 0.05) is 12.8 Å². The molecule has 49 heavy (non-hydrogen) atoms. The zero-order chi connectivity index (χ0) is 36.0. The summed E-state index contributed by atoms with van der Waals surface area (Å²) in [4.78, 5) is 24.0. The van der Waals surface area contributed by atoms with E-state index in [4.69, 9.17) is 9.47 Å². The van der Waals surface area contributed by atoms with Gasteiger partial charge in [-0.15, -0.1) is 0 Å². The Hall–Kier alpha value is -1.96. The third kappa shape index (κ3) is 35.7. The average Bonchev–Trinajstić information content (AvgIpc) is 3.09. The summed E-state index contributed by atoms with van der Waals surface area (Å²) in [5, 5.41) is 30.4. The molecule has 0 aromatic rings. The molecule has 0 bridgehead atoms. The number of unbranched alkanes of at least 4 members (excludes halogenated alkanes) is 18. The topological polar surface area (TPSA) is 113 Å². The normalized spacial score (nSPS) is 13.8. The zero-order valence-electron chi connectivity index (χ0n) is 31.7. The molecule has 0 aliphatic heterocycles. The van der Waals surface area contributed by atoms with Crippen LogP contribution in [-0.2, 0) is 19.1 Å². The van der Waals surface area contributed by atoms with Gasteiger partial charge in [0.15, 0.2) is 0 Å². The first-order chi connectivity index (χ1) is 23.9. The van der Waals surface area contributed by atoms with Crippen LogP contribution in [0, 0.1) is 0 Å². The van der Waals surface area contributed by atoms with Gasteiger partial charge in [-0.3, -0.25) is 9.59 Å². The highest BCUT2D eigenvalue weighted by Gasteiger charge is 2.16. The Morgan fingerprint density at radius 1 is 0.490 bits per heavy atom. The summed E-state index contributed by atoms with van der Waals surface area (Å²) in [5.41, 5.74) is 0. The van der Waals surface area contributed by atoms with Crippen molar-refractivity contribution in [2.45, 2.75) is 206 Å². The number of carbonyl (C=O) groups excluding carboxylic acids is 2. The molecule has 0 heterocycles. The molecule has 2 unspecified atom stereocenters. The van der Waals surface area contributed by atoms with Crippen molar-refractivity contribution >= 4 is 11.9 Å². The third-order valence-electron chi connectivity index (χ3n) is 8.83. The highest BCUT2D eigenvalue weighted by molar-refractivity contribution is 5.69. The number of carbonyl (C=O) groups is 2. The fourth-order valence-corrected chi connectivity index (χ4v) is 5.60. The number of aliphatic hydroxyl groups excluding tert-OH is 3. The minimum Gasteiger partial charge on any atom is -0.463 e. The molecule has 0 fully saturated rings. The minimum atomic E-state index is -1.07. The number of aliphatic hydroxyl groups is 3. The van der Waals surface area contributed by atoms with E-state index in [0.29, 0.717) is 19.3 Å². The summed E-state index contributed by atoms with van der Waals surface area (Å²) in [6.45, 7) is 4.03. The molecular weight excluding hydrogens is 616 g/mol. The van der Waals surface area contributed by atoms with Gasteiger partial charge in [-0.1, -0.05) is 159 Å². The summed E-state index contributed by atoms with van der Waals surface area (Å²) in [5.74, 6) is -0.835. The SMILES string of the molecule is CCCCC/C=C\C/C=C\C/C=C\CC(O)C(O)CCCC(=O)OC[C@@H](O)COC(=O)CCCCCCCCCCCCCCCCCC. The Kier molecular flexibility index (Phi) is 35.8. The molecule has 7 nitrogen and oxygen atoms in total. The predicted octanol–water partition coefficient (Wildman–Crippen LogP) is 10.4. The number of esters is 2. The maximum absolute atomic E-state index is 12.0. The van der Waals surface area contributed by atoms with E-state index in [-0.39, 0.29) is 32.0 Å². The molecule has 0 aliphatic rings. The number of ether oxygens (including phenoxy) is 2. The predicted molar refractivity (Wildman–Crippen MR) is 203 cm³/mol. The molecule has 0 aromatic heterocycles. The Bertz CT molecular complexity index is 822. The van der Waals surface area contributed by atoms with Crippen LogP contribution >= 0.6 is 0 Å². The lowest BCUT2D eigenvalue weighted by molar-refractivity contribution is -0.152. The molecule has 286 valence electrons. The summed E-state index contributed by atoms with van der Waals surface area (Å²) in [7, 11) is 0. The number of hydrogen-bond donors (Lipinski definition) is 3. The van der Waals surface area contributed by atoms with Crippen molar-refractivity contribution in [3.05, 3.63) is 36.5 Å². The second-order valence-corrected chi connectivity index (χ2v) is 13.7. The lowest BCUT2D eigenvalue weighted by Gasteiger charge is -2.16. The monoisotopic (exact) mass is 693 g/mol. The second kappa shape index (κ2) is 37.3. The van der Waals surface area contributed by atoms with Crippen molar-refractivity contribution in [1.29, 1.82) is 0 Å². The first-order valence-electron chi connectivity index (χ1n) is 20.2. The highest BCUT2D eigenvalue weighted by atomic mass is 16.6. The van der Waals surface area contributed by atoms with E-state index in [1.54, 1.807) is 0 Å². The number of hydrogen-bond acceptors (Lipinski definition) is 7. The van der Waals surface area contributed by atoms with Gasteiger partial charge in [0.1, 0.15) is 19.3 Å². The molecule has 3 atom stereocenters. The summed E-state index contributed by atoms with van der Waals surface area (Å²) in [6, 6.07) is 0. The first-order valence-corrected chi connectivity index (χ1v) is 20.2. The molecule has 0 saturated heterocycles. The average molecular weight is 693 g/mol. The standard InChI is InChI=1S/C42H76O7/c1-3-5-7-9-11-13-15-17-18-19-20-22-24-26-28-30-34-41(46)48-36-38(43)37-49-42(47)35-31-33-40(45)39(44)32-29-27-25-23-21-16-14-12-10-8-6-4-2/h12,14,21,23,27,29,38-40,43-45H,3-11,13,15-20,22,24-26,28,30-37H2,1-2H3/b14-12-,23-21-,29-27-/t38-,39?,40?/m0/s1. The van der Waals surface area contributed by atoms with Gasteiger partial charge in [0.2, 0.25) is 0 Å². The van der Waals surface area contributed by atoms with Crippen LogP contribution < -0.4 is 0 Å². The van der Waals surface area contributed by atoms with E-state index in [1.165, 1.54) is 103 Å². The summed E-state index contributed by atoms with van der Waals surface area (Å²) in [6.07, 6.45) is 38.1. The van der Waals surface area contributed by atoms with Gasteiger partial charge < -0.3 is 24.8 Å². The maximum Gasteiger partial charge on any atom is 0.305 e. The lowest BCUT2D eigenvalue weighted by Crippen LogP contribution is -2.26. The van der Waals surface area contributed by atoms with Crippen molar-refractivity contribution in [2.24, 2.45) is 0 Å². The van der Waals surface area contributed by atoms with Crippen LogP contribution in [0.4, 0.5) is 0 Å². The van der Waals surface area contributed by atoms with Gasteiger partial charge in [-0.05, 0) is 51.4 Å². The summed E-state index contributed by atoms with van der Waals surface area (Å²) >= 11 is 0. The summed E-state index contributed by atoms with van der Waals surface area (Å²) < 4.78 is 10.2. The lowest BCUT2D eigenvalue weighted by atomic mass is 10.0. The Labute approximate surface area is 301 Å². The van der Waals surface area contributed by atoms with E-state index in [1.807, 2.05) is 12.2 Å². The molecule has 3 N–H and O–H groups in total. The number of allylic oxidation sites excluding steroid dienone is 5. The Balaban J connectivity index is 3.66. The van der Waals surface area contributed by atoms with Crippen LogP contribution in [0.1, 0.15) is 187 Å². The molecular formula is C42H76O7. The van der Waals surface area contributed by atoms with Crippen molar-refractivity contribution in [1.82, 2.24) is 0 Å². The van der Waals surface area contributed by atoms with Crippen LogP contribution in [0.25, 0.3) is 0 Å². The van der Waals surface area contributed by atoms with Gasteiger partial charge in [0.05, 0.1) is 12.2 Å². The molecule has 0 saturated carbocycles. The van der Waals surface area contributed by atoms with Crippen LogP contribution in [0.2, 0.25) is 0 Å². The fraction of sp³-hybridized carbons (Fsp3) is 0.810. The molecule has 7 heteroatoms. The highest BCUT2D eigenvalue weighted by Crippen LogP contribution is 2.14. The molecule has 0 amide bonds. The van der Waals surface area contributed by atoms with Crippen molar-refractivity contribution in [3.8, 4) is 0 Å². The largest absolute Gasteiger partial charge is 0.463 e. The molecule has 0 aromatic carbocycles. The Morgan fingerprint density at radius 3 is 1.41 bits per heavy atom. The van der Waals surface area contributed by atoms with Crippen LogP contribution in [0.15, 0.2) is 36.5 Å². The van der Waals surface area contributed by atoms with Crippen molar-refractivity contribution in [2.75, 3.05) is 13.2 Å².